The van der Waals surface area contributed by atoms with Crippen LogP contribution in [0.2, 0.25) is 0 Å². The Morgan fingerprint density at radius 1 is 1.12 bits per heavy atom. The Kier molecular flexibility index (Phi) is 5.29. The van der Waals surface area contributed by atoms with E-state index in [1.807, 2.05) is 12.1 Å². The summed E-state index contributed by atoms with van der Waals surface area (Å²) in [6.07, 6.45) is 8.14. The van der Waals surface area contributed by atoms with Crippen LogP contribution in [0, 0.1) is 23.7 Å². The number of ether oxygens (including phenoxy) is 1. The lowest BCUT2D eigenvalue weighted by molar-refractivity contribution is 0.0172. The van der Waals surface area contributed by atoms with Gasteiger partial charge in [0.05, 0.1) is 12.2 Å². The average Bonchev–Trinajstić information content (AvgIpc) is 2.98. The molecule has 3 aliphatic rings. The third-order valence-corrected chi connectivity index (χ3v) is 7.34. The van der Waals surface area contributed by atoms with Crippen molar-refractivity contribution >= 4 is 0 Å². The Morgan fingerprint density at radius 2 is 1.96 bits per heavy atom. The average molecular weight is 359 g/mol. The fraction of sp³-hybridized carbons (Fsp3) is 0.739. The lowest BCUT2D eigenvalue weighted by Crippen LogP contribution is -2.41. The second-order valence-electron chi connectivity index (χ2n) is 9.14. The van der Waals surface area contributed by atoms with E-state index < -0.39 is 0 Å². The molecule has 3 aliphatic carbocycles. The first-order valence-electron chi connectivity index (χ1n) is 10.7. The number of hydrogen-bond acceptors (Lipinski definition) is 3. The predicted octanol–water partition coefficient (Wildman–Crippen LogP) is 4.65. The van der Waals surface area contributed by atoms with Gasteiger partial charge in [0.1, 0.15) is 5.75 Å². The van der Waals surface area contributed by atoms with Crippen molar-refractivity contribution in [2.75, 3.05) is 6.61 Å². The molecule has 1 aromatic carbocycles. The van der Waals surface area contributed by atoms with E-state index >= 15 is 0 Å². The molecule has 0 aliphatic heterocycles. The Labute approximate surface area is 157 Å². The number of aliphatic hydroxyl groups excluding tert-OH is 1. The number of hydrogen-bond donors (Lipinski definition) is 2. The van der Waals surface area contributed by atoms with Gasteiger partial charge < -0.3 is 14.9 Å². The van der Waals surface area contributed by atoms with Crippen LogP contribution in [-0.2, 0) is 11.2 Å². The van der Waals surface area contributed by atoms with Crippen LogP contribution in [0.15, 0.2) is 18.2 Å². The number of rotatable bonds is 5. The number of aromatic hydroxyl groups is 1. The van der Waals surface area contributed by atoms with Gasteiger partial charge in [-0.15, -0.1) is 0 Å². The second-order valence-corrected chi connectivity index (χ2v) is 9.14. The van der Waals surface area contributed by atoms with Gasteiger partial charge in [-0.2, -0.15) is 0 Å². The van der Waals surface area contributed by atoms with Crippen molar-refractivity contribution in [2.24, 2.45) is 23.7 Å². The molecular weight excluding hydrogens is 324 g/mol. The number of aryl methyl sites for hydroxylation is 1. The topological polar surface area (TPSA) is 49.7 Å². The highest BCUT2D eigenvalue weighted by Crippen LogP contribution is 2.58. The van der Waals surface area contributed by atoms with Crippen molar-refractivity contribution in [1.29, 1.82) is 0 Å². The molecule has 2 saturated carbocycles. The van der Waals surface area contributed by atoms with Crippen molar-refractivity contribution in [3.63, 3.8) is 0 Å². The van der Waals surface area contributed by atoms with Crippen molar-refractivity contribution in [2.45, 2.75) is 76.9 Å². The van der Waals surface area contributed by atoms with Crippen LogP contribution in [0.3, 0.4) is 0 Å². The fourth-order valence-corrected chi connectivity index (χ4v) is 6.35. The molecule has 0 spiro atoms. The van der Waals surface area contributed by atoms with Crippen LogP contribution < -0.4 is 0 Å². The van der Waals surface area contributed by atoms with E-state index in [1.54, 1.807) is 0 Å². The summed E-state index contributed by atoms with van der Waals surface area (Å²) in [4.78, 5) is 0. The van der Waals surface area contributed by atoms with E-state index in [2.05, 4.69) is 19.9 Å². The first kappa shape index (κ1) is 18.3. The van der Waals surface area contributed by atoms with Crippen LogP contribution in [0.5, 0.6) is 5.75 Å². The molecule has 0 radical (unpaired) electrons. The third kappa shape index (κ3) is 3.41. The van der Waals surface area contributed by atoms with E-state index in [4.69, 9.17) is 4.74 Å². The molecule has 0 heterocycles. The first-order valence-corrected chi connectivity index (χ1v) is 10.7. The van der Waals surface area contributed by atoms with Gasteiger partial charge in [0.15, 0.2) is 0 Å². The minimum Gasteiger partial charge on any atom is -0.508 e. The van der Waals surface area contributed by atoms with Gasteiger partial charge in [-0.3, -0.25) is 0 Å². The molecule has 144 valence electrons. The minimum absolute atomic E-state index is 0.0865. The number of benzene rings is 1. The summed E-state index contributed by atoms with van der Waals surface area (Å²) in [5, 5.41) is 20.5. The molecule has 4 unspecified atom stereocenters. The SMILES string of the molecule is CC(C)OCCC[C@H]1CC2C(CC[C@@H]2O)C2CCc3cc(O)ccc3C21. The van der Waals surface area contributed by atoms with Crippen LogP contribution in [0.4, 0.5) is 0 Å². The Hall–Kier alpha value is -1.06. The molecule has 3 nitrogen and oxygen atoms in total. The van der Waals surface area contributed by atoms with Gasteiger partial charge in [-0.05, 0) is 112 Å². The Bertz CT molecular complexity index is 626. The maximum Gasteiger partial charge on any atom is 0.115 e. The molecule has 3 heteroatoms. The smallest absolute Gasteiger partial charge is 0.115 e. The van der Waals surface area contributed by atoms with Crippen molar-refractivity contribution in [3.05, 3.63) is 29.3 Å². The van der Waals surface area contributed by atoms with E-state index in [1.165, 1.54) is 30.4 Å². The molecule has 0 amide bonds. The zero-order valence-corrected chi connectivity index (χ0v) is 16.2. The Balaban J connectivity index is 1.57. The first-order chi connectivity index (χ1) is 12.5. The summed E-state index contributed by atoms with van der Waals surface area (Å²) in [7, 11) is 0. The summed E-state index contributed by atoms with van der Waals surface area (Å²) in [5.74, 6) is 3.54. The molecule has 1 aromatic rings. The van der Waals surface area contributed by atoms with Gasteiger partial charge in [-0.25, -0.2) is 0 Å². The van der Waals surface area contributed by atoms with Crippen molar-refractivity contribution < 1.29 is 14.9 Å². The van der Waals surface area contributed by atoms with Gasteiger partial charge in [0.25, 0.3) is 0 Å². The molecule has 0 saturated heterocycles. The van der Waals surface area contributed by atoms with E-state index in [9.17, 15) is 10.2 Å². The molecule has 0 bridgehead atoms. The van der Waals surface area contributed by atoms with E-state index in [-0.39, 0.29) is 6.10 Å². The maximum atomic E-state index is 10.6. The largest absolute Gasteiger partial charge is 0.508 e. The predicted molar refractivity (Wildman–Crippen MR) is 103 cm³/mol. The van der Waals surface area contributed by atoms with Crippen molar-refractivity contribution in [3.8, 4) is 5.75 Å². The normalized spacial score (nSPS) is 35.8. The minimum atomic E-state index is -0.0865. The monoisotopic (exact) mass is 358 g/mol. The van der Waals surface area contributed by atoms with Crippen LogP contribution in [-0.4, -0.2) is 29.0 Å². The van der Waals surface area contributed by atoms with Gasteiger partial charge in [0.2, 0.25) is 0 Å². The lowest BCUT2D eigenvalue weighted by Gasteiger charge is -2.49. The standard InChI is InChI=1S/C23H34O3/c1-14(2)26-11-3-4-16-13-21-19(9-10-22(21)25)20-7-5-15-12-17(24)6-8-18(15)23(16)20/h6,8,12,14,16,19-25H,3-5,7,9-11,13H2,1-2H3/t16-,19?,20?,21?,22-,23?/m0/s1. The molecule has 2 N–H and O–H groups in total. The highest BCUT2D eigenvalue weighted by molar-refractivity contribution is 5.40. The number of fused-ring (bicyclic) bond motifs is 5. The van der Waals surface area contributed by atoms with Gasteiger partial charge in [-0.1, -0.05) is 6.07 Å². The summed E-state index contributed by atoms with van der Waals surface area (Å²) < 4.78 is 5.78. The molecule has 0 aromatic heterocycles. The summed E-state index contributed by atoms with van der Waals surface area (Å²) in [6.45, 7) is 5.03. The van der Waals surface area contributed by atoms with Gasteiger partial charge in [0, 0.05) is 6.61 Å². The lowest BCUT2D eigenvalue weighted by atomic mass is 9.56. The summed E-state index contributed by atoms with van der Waals surface area (Å²) in [5.41, 5.74) is 2.83. The Morgan fingerprint density at radius 3 is 2.77 bits per heavy atom. The molecular formula is C23H34O3. The van der Waals surface area contributed by atoms with E-state index in [0.29, 0.717) is 41.4 Å². The molecule has 26 heavy (non-hydrogen) atoms. The van der Waals surface area contributed by atoms with Gasteiger partial charge >= 0.3 is 0 Å². The molecule has 4 rings (SSSR count). The zero-order valence-electron chi connectivity index (χ0n) is 16.2. The van der Waals surface area contributed by atoms with Crippen molar-refractivity contribution in [1.82, 2.24) is 0 Å². The highest BCUT2D eigenvalue weighted by Gasteiger charge is 2.50. The van der Waals surface area contributed by atoms with Crippen LogP contribution in [0.1, 0.15) is 69.4 Å². The maximum absolute atomic E-state index is 10.6. The highest BCUT2D eigenvalue weighted by atomic mass is 16.5. The quantitative estimate of drug-likeness (QED) is 0.753. The third-order valence-electron chi connectivity index (χ3n) is 7.34. The number of aliphatic hydroxyl groups is 1. The van der Waals surface area contributed by atoms with E-state index in [0.717, 1.165) is 32.3 Å². The fourth-order valence-electron chi connectivity index (χ4n) is 6.35. The summed E-state index contributed by atoms with van der Waals surface area (Å²) in [6, 6.07) is 6.04. The van der Waals surface area contributed by atoms with Crippen LogP contribution >= 0.6 is 0 Å². The summed E-state index contributed by atoms with van der Waals surface area (Å²) >= 11 is 0. The molecule has 2 fully saturated rings. The second kappa shape index (κ2) is 7.52. The zero-order chi connectivity index (χ0) is 18.3. The number of phenolic OH excluding ortho intramolecular Hbond substituents is 1. The van der Waals surface area contributed by atoms with Crippen LogP contribution in [0.25, 0.3) is 0 Å². The molecule has 6 atom stereocenters. The number of phenols is 1.